The number of halogens is 5. The van der Waals surface area contributed by atoms with Gasteiger partial charge >= 0.3 is 0 Å². The first-order valence-corrected chi connectivity index (χ1v) is 22.7. The minimum atomic E-state index is -0.680. The third kappa shape index (κ3) is 10.2. The maximum Gasteiger partial charge on any atom is 0.135 e. The molecule has 0 aliphatic carbocycles. The molecule has 0 N–H and O–H groups in total. The van der Waals surface area contributed by atoms with E-state index in [0.29, 0.717) is 42.6 Å². The summed E-state index contributed by atoms with van der Waals surface area (Å²) >= 11 is 0. The smallest absolute Gasteiger partial charge is 0.135 e. The van der Waals surface area contributed by atoms with E-state index in [9.17, 15) is 17.6 Å². The van der Waals surface area contributed by atoms with Crippen molar-refractivity contribution in [3.8, 4) is 78.3 Å². The van der Waals surface area contributed by atoms with E-state index in [0.717, 1.165) is 84.6 Å². The van der Waals surface area contributed by atoms with Crippen molar-refractivity contribution in [1.82, 2.24) is 15.0 Å². The van der Waals surface area contributed by atoms with Crippen LogP contribution < -0.4 is 0 Å². The van der Waals surface area contributed by atoms with Gasteiger partial charge in [-0.15, -0.1) is 0 Å². The second kappa shape index (κ2) is 19.9. The zero-order valence-corrected chi connectivity index (χ0v) is 37.2. The van der Waals surface area contributed by atoms with Crippen LogP contribution in [-0.2, 0) is 25.7 Å². The molecule has 0 aliphatic rings. The second-order valence-corrected chi connectivity index (χ2v) is 17.0. The molecule has 0 aliphatic heterocycles. The molecule has 0 bridgehead atoms. The summed E-state index contributed by atoms with van der Waals surface area (Å²) in [5.74, 6) is -3.04. The van der Waals surface area contributed by atoms with Crippen molar-refractivity contribution in [3.63, 3.8) is 0 Å². The number of rotatable bonds is 13. The van der Waals surface area contributed by atoms with Crippen LogP contribution in [0.25, 0.3) is 78.3 Å². The van der Waals surface area contributed by atoms with Crippen LogP contribution in [-0.4, -0.2) is 15.0 Å². The molecule has 0 saturated carbocycles. The van der Waals surface area contributed by atoms with Crippen LogP contribution >= 0.6 is 0 Å². The molecule has 0 spiro atoms. The van der Waals surface area contributed by atoms with Crippen molar-refractivity contribution in [3.05, 3.63) is 258 Å². The Balaban J connectivity index is 1.02. The zero-order valence-electron chi connectivity index (χ0n) is 37.2. The molecular formula is C61H42F5N3. The third-order valence-corrected chi connectivity index (χ3v) is 12.4. The van der Waals surface area contributed by atoms with Crippen LogP contribution in [0.1, 0.15) is 22.3 Å². The third-order valence-electron chi connectivity index (χ3n) is 12.4. The fraction of sp³-hybridized carbons (Fsp3) is 0.0656. The Hall–Kier alpha value is -8.36. The Labute approximate surface area is 397 Å². The minimum Gasteiger partial charge on any atom is -0.256 e. The highest BCUT2D eigenvalue weighted by atomic mass is 19.1. The minimum absolute atomic E-state index is 0.218. The van der Waals surface area contributed by atoms with Gasteiger partial charge in [-0.1, -0.05) is 121 Å². The van der Waals surface area contributed by atoms with Gasteiger partial charge in [0.05, 0.1) is 17.1 Å². The molecular weight excluding hydrogens is 870 g/mol. The number of aromatic nitrogens is 3. The Kier molecular flexibility index (Phi) is 12.8. The van der Waals surface area contributed by atoms with Crippen LogP contribution in [0.4, 0.5) is 22.0 Å². The molecule has 8 heteroatoms. The Bertz CT molecular complexity index is 3300. The molecule has 0 fully saturated rings. The lowest BCUT2D eigenvalue weighted by Gasteiger charge is -2.18. The number of hydrogen-bond acceptors (Lipinski definition) is 3. The normalized spacial score (nSPS) is 11.2. The summed E-state index contributed by atoms with van der Waals surface area (Å²) in [4.78, 5) is 14.0. The van der Waals surface area contributed by atoms with E-state index in [-0.39, 0.29) is 16.9 Å². The van der Waals surface area contributed by atoms with E-state index < -0.39 is 23.3 Å². The van der Waals surface area contributed by atoms with Gasteiger partial charge < -0.3 is 0 Å². The van der Waals surface area contributed by atoms with Gasteiger partial charge in [0.15, 0.2) is 0 Å². The van der Waals surface area contributed by atoms with Gasteiger partial charge in [-0.2, -0.15) is 0 Å². The lowest BCUT2D eigenvalue weighted by atomic mass is 9.87. The molecule has 0 atom stereocenters. The molecule has 3 nitrogen and oxygen atoms in total. The molecule has 336 valence electrons. The van der Waals surface area contributed by atoms with Crippen molar-refractivity contribution in [2.45, 2.75) is 25.7 Å². The molecule has 69 heavy (non-hydrogen) atoms. The van der Waals surface area contributed by atoms with Crippen LogP contribution in [0, 0.1) is 29.1 Å². The average molecular weight is 912 g/mol. The van der Waals surface area contributed by atoms with Crippen LogP contribution in [0.2, 0.25) is 0 Å². The second-order valence-electron chi connectivity index (χ2n) is 17.0. The monoisotopic (exact) mass is 911 g/mol. The first kappa shape index (κ1) is 44.5. The molecule has 0 unspecified atom stereocenters. The summed E-state index contributed by atoms with van der Waals surface area (Å²) in [6, 6.07) is 56.2. The molecule has 10 aromatic rings. The van der Waals surface area contributed by atoms with Crippen molar-refractivity contribution < 1.29 is 22.0 Å². The first-order chi connectivity index (χ1) is 33.7. The van der Waals surface area contributed by atoms with E-state index >= 15 is 4.39 Å². The lowest BCUT2D eigenvalue weighted by Crippen LogP contribution is -1.99. The molecule has 0 radical (unpaired) electrons. The summed E-state index contributed by atoms with van der Waals surface area (Å²) in [5.41, 5.74) is 14.2. The van der Waals surface area contributed by atoms with Crippen LogP contribution in [0.15, 0.2) is 207 Å². The van der Waals surface area contributed by atoms with Gasteiger partial charge in [0.25, 0.3) is 0 Å². The Morgan fingerprint density at radius 3 is 1.23 bits per heavy atom. The number of benzene rings is 7. The van der Waals surface area contributed by atoms with Gasteiger partial charge in [-0.05, 0) is 141 Å². The fourth-order valence-corrected chi connectivity index (χ4v) is 8.78. The largest absolute Gasteiger partial charge is 0.256 e. The fourth-order valence-electron chi connectivity index (χ4n) is 8.78. The topological polar surface area (TPSA) is 38.7 Å². The predicted octanol–water partition coefficient (Wildman–Crippen LogP) is 15.8. The van der Waals surface area contributed by atoms with E-state index in [2.05, 4.69) is 70.6 Å². The number of nitrogens with zero attached hydrogens (tertiary/aromatic N) is 3. The highest BCUT2D eigenvalue weighted by Crippen LogP contribution is 2.41. The summed E-state index contributed by atoms with van der Waals surface area (Å²) in [5, 5.41) is 0. The van der Waals surface area contributed by atoms with Crippen LogP contribution in [0.3, 0.4) is 0 Å². The van der Waals surface area contributed by atoms with E-state index in [4.69, 9.17) is 4.98 Å². The average Bonchev–Trinajstić information content (AvgIpc) is 3.38. The van der Waals surface area contributed by atoms with E-state index in [1.165, 1.54) is 30.3 Å². The van der Waals surface area contributed by atoms with Gasteiger partial charge in [0, 0.05) is 53.0 Å². The summed E-state index contributed by atoms with van der Waals surface area (Å²) < 4.78 is 72.2. The van der Waals surface area contributed by atoms with Gasteiger partial charge in [0.1, 0.15) is 29.1 Å². The van der Waals surface area contributed by atoms with Crippen molar-refractivity contribution in [1.29, 1.82) is 0 Å². The lowest BCUT2D eigenvalue weighted by molar-refractivity contribution is 0.584. The number of aryl methyl sites for hydroxylation is 4. The molecule has 0 amide bonds. The standard InChI is InChI=1S/C61H42F5N3/c62-48-21-24-51(56-38-69-61(46-9-5-2-6-10-46)35-55(56)45-19-17-44(18-20-45)43-7-3-1-4-8-43)54(32-48)47-30-41(13-11-39-15-27-59(67-36-39)52-25-22-49(63)33-57(52)65)29-42(31-47)14-12-40-16-28-60(68-37-40)53-26-23-50(64)34-58(53)66/h1-10,15-38H,11-14H2. The maximum atomic E-state index is 15.7. The highest BCUT2D eigenvalue weighted by molar-refractivity contribution is 5.93. The zero-order chi connectivity index (χ0) is 47.3. The van der Waals surface area contributed by atoms with Gasteiger partial charge in [-0.3, -0.25) is 15.0 Å². The highest BCUT2D eigenvalue weighted by Gasteiger charge is 2.18. The first-order valence-electron chi connectivity index (χ1n) is 22.7. The van der Waals surface area contributed by atoms with Crippen molar-refractivity contribution >= 4 is 0 Å². The van der Waals surface area contributed by atoms with Crippen molar-refractivity contribution in [2.24, 2.45) is 0 Å². The SMILES string of the molecule is Fc1ccc(-c2ccc(CCc3cc(CCc4ccc(-c5ccc(F)cc5F)nc4)cc(-c4cc(F)ccc4-c4cnc(-c5ccccc5)cc4-c4ccc(-c5ccccc5)cc4)c3)cn2)c(F)c1. The summed E-state index contributed by atoms with van der Waals surface area (Å²) in [7, 11) is 0. The quantitative estimate of drug-likeness (QED) is 0.108. The molecule has 10 rings (SSSR count). The summed E-state index contributed by atoms with van der Waals surface area (Å²) in [6.45, 7) is 0. The van der Waals surface area contributed by atoms with Gasteiger partial charge in [0.2, 0.25) is 0 Å². The van der Waals surface area contributed by atoms with Crippen molar-refractivity contribution in [2.75, 3.05) is 0 Å². The Morgan fingerprint density at radius 2 is 0.710 bits per heavy atom. The Morgan fingerprint density at radius 1 is 0.261 bits per heavy atom. The van der Waals surface area contributed by atoms with Gasteiger partial charge in [-0.25, -0.2) is 22.0 Å². The number of hydrogen-bond donors (Lipinski definition) is 0. The molecule has 0 saturated heterocycles. The molecule has 3 aromatic heterocycles. The number of pyridine rings is 3. The summed E-state index contributed by atoms with van der Waals surface area (Å²) in [6.07, 6.45) is 7.75. The van der Waals surface area contributed by atoms with E-state index in [1.807, 2.05) is 72.9 Å². The van der Waals surface area contributed by atoms with E-state index in [1.54, 1.807) is 30.6 Å². The predicted molar refractivity (Wildman–Crippen MR) is 265 cm³/mol. The molecule has 7 aromatic carbocycles. The maximum absolute atomic E-state index is 15.7. The van der Waals surface area contributed by atoms with Crippen LogP contribution in [0.5, 0.6) is 0 Å². The molecule has 3 heterocycles.